The normalized spacial score (nSPS) is 15.7. The summed E-state index contributed by atoms with van der Waals surface area (Å²) in [5, 5.41) is 10.1. The van der Waals surface area contributed by atoms with Crippen LogP contribution in [0.1, 0.15) is 23.2 Å². The molecular formula is C20H31N5OS2. The molecular weight excluding hydrogens is 390 g/mol. The van der Waals surface area contributed by atoms with E-state index >= 15 is 0 Å². The molecule has 0 saturated carbocycles. The second-order valence-electron chi connectivity index (χ2n) is 6.76. The highest BCUT2D eigenvalue weighted by molar-refractivity contribution is 7.16. The Morgan fingerprint density at radius 3 is 2.89 bits per heavy atom. The van der Waals surface area contributed by atoms with E-state index in [1.807, 2.05) is 11.3 Å². The van der Waals surface area contributed by atoms with E-state index in [1.165, 1.54) is 9.75 Å². The first kappa shape index (κ1) is 21.2. The maximum Gasteiger partial charge on any atom is 0.191 e. The zero-order valence-electron chi connectivity index (χ0n) is 16.9. The summed E-state index contributed by atoms with van der Waals surface area (Å²) in [6, 6.07) is 4.39. The minimum atomic E-state index is 0.846. The molecule has 0 spiro atoms. The van der Waals surface area contributed by atoms with E-state index in [-0.39, 0.29) is 0 Å². The number of nitrogens with zero attached hydrogens (tertiary/aromatic N) is 3. The number of thiazole rings is 1. The van der Waals surface area contributed by atoms with Crippen LogP contribution in [0.5, 0.6) is 0 Å². The van der Waals surface area contributed by atoms with Crippen LogP contribution in [0.15, 0.2) is 22.5 Å². The smallest absolute Gasteiger partial charge is 0.191 e. The lowest BCUT2D eigenvalue weighted by Gasteiger charge is -2.26. The fourth-order valence-electron chi connectivity index (χ4n) is 3.08. The van der Waals surface area contributed by atoms with Crippen molar-refractivity contribution in [3.63, 3.8) is 0 Å². The summed E-state index contributed by atoms with van der Waals surface area (Å²) in [5.74, 6) is 0.913. The number of guanidine groups is 1. The second-order valence-corrected chi connectivity index (χ2v) is 8.99. The molecule has 1 aliphatic rings. The van der Waals surface area contributed by atoms with Gasteiger partial charge in [-0.05, 0) is 38.8 Å². The summed E-state index contributed by atoms with van der Waals surface area (Å²) in [6.45, 7) is 11.7. The molecule has 1 saturated heterocycles. The Hall–Kier alpha value is -1.48. The number of aromatic nitrogens is 1. The van der Waals surface area contributed by atoms with Gasteiger partial charge in [0.05, 0.1) is 28.8 Å². The molecule has 3 rings (SSSR count). The minimum Gasteiger partial charge on any atom is -0.379 e. The zero-order chi connectivity index (χ0) is 19.6. The predicted molar refractivity (Wildman–Crippen MR) is 120 cm³/mol. The van der Waals surface area contributed by atoms with Gasteiger partial charge in [0, 0.05) is 49.5 Å². The third-order valence-corrected chi connectivity index (χ3v) is 6.49. The Balaban J connectivity index is 1.39. The summed E-state index contributed by atoms with van der Waals surface area (Å²) < 4.78 is 5.39. The van der Waals surface area contributed by atoms with Gasteiger partial charge in [-0.1, -0.05) is 0 Å². The van der Waals surface area contributed by atoms with Gasteiger partial charge in [0.1, 0.15) is 0 Å². The highest BCUT2D eigenvalue weighted by Gasteiger charge is 2.09. The molecule has 1 aliphatic heterocycles. The van der Waals surface area contributed by atoms with E-state index in [1.54, 1.807) is 11.3 Å². The van der Waals surface area contributed by atoms with Crippen molar-refractivity contribution in [3.8, 4) is 10.6 Å². The minimum absolute atomic E-state index is 0.846. The largest absolute Gasteiger partial charge is 0.379 e. The van der Waals surface area contributed by atoms with Gasteiger partial charge in [0.15, 0.2) is 5.96 Å². The van der Waals surface area contributed by atoms with Crippen molar-refractivity contribution in [2.24, 2.45) is 4.99 Å². The van der Waals surface area contributed by atoms with Crippen molar-refractivity contribution in [3.05, 3.63) is 27.4 Å². The lowest BCUT2D eigenvalue weighted by Crippen LogP contribution is -2.39. The summed E-state index contributed by atoms with van der Waals surface area (Å²) in [5.41, 5.74) is 1.10. The summed E-state index contributed by atoms with van der Waals surface area (Å²) in [7, 11) is 0. The summed E-state index contributed by atoms with van der Waals surface area (Å²) in [6.07, 6.45) is 2.07. The van der Waals surface area contributed by atoms with Gasteiger partial charge >= 0.3 is 0 Å². The Kier molecular flexibility index (Phi) is 8.72. The van der Waals surface area contributed by atoms with Gasteiger partial charge in [0.25, 0.3) is 0 Å². The lowest BCUT2D eigenvalue weighted by molar-refractivity contribution is 0.0377. The molecule has 154 valence electrons. The summed E-state index contributed by atoms with van der Waals surface area (Å²) >= 11 is 3.53. The third-order valence-electron chi connectivity index (χ3n) is 4.55. The number of aliphatic imine (C=N–C) groups is 1. The molecule has 0 bridgehead atoms. The van der Waals surface area contributed by atoms with Crippen molar-refractivity contribution in [2.75, 3.05) is 52.5 Å². The molecule has 0 aliphatic carbocycles. The number of morpholine rings is 1. The van der Waals surface area contributed by atoms with Gasteiger partial charge in [0.2, 0.25) is 0 Å². The first-order valence-electron chi connectivity index (χ1n) is 10.1. The van der Waals surface area contributed by atoms with Crippen molar-refractivity contribution in [1.82, 2.24) is 20.5 Å². The van der Waals surface area contributed by atoms with E-state index in [2.05, 4.69) is 51.9 Å². The number of thiophene rings is 1. The second kappa shape index (κ2) is 11.5. The fourth-order valence-corrected chi connectivity index (χ4v) is 4.74. The van der Waals surface area contributed by atoms with Gasteiger partial charge < -0.3 is 15.4 Å². The Bertz CT molecular complexity index is 737. The first-order valence-corrected chi connectivity index (χ1v) is 11.8. The molecule has 3 heterocycles. The number of hydrogen-bond donors (Lipinski definition) is 2. The molecule has 0 amide bonds. The van der Waals surface area contributed by atoms with E-state index in [0.717, 1.165) is 82.0 Å². The van der Waals surface area contributed by atoms with Crippen LogP contribution in [0.3, 0.4) is 0 Å². The maximum absolute atomic E-state index is 5.39. The van der Waals surface area contributed by atoms with Crippen LogP contribution in [0.2, 0.25) is 0 Å². The van der Waals surface area contributed by atoms with E-state index < -0.39 is 0 Å². The average Bonchev–Trinajstić information content (AvgIpc) is 3.35. The molecule has 0 unspecified atom stereocenters. The molecule has 0 aromatic carbocycles. The van der Waals surface area contributed by atoms with E-state index in [0.29, 0.717) is 0 Å². The van der Waals surface area contributed by atoms with Crippen LogP contribution >= 0.6 is 22.7 Å². The molecule has 0 atom stereocenters. The van der Waals surface area contributed by atoms with Crippen LogP contribution in [-0.2, 0) is 11.2 Å². The molecule has 1 fully saturated rings. The highest BCUT2D eigenvalue weighted by atomic mass is 32.1. The average molecular weight is 422 g/mol. The number of rotatable bonds is 9. The first-order chi connectivity index (χ1) is 13.7. The highest BCUT2D eigenvalue weighted by Crippen LogP contribution is 2.29. The van der Waals surface area contributed by atoms with Crippen LogP contribution in [0, 0.1) is 6.92 Å². The van der Waals surface area contributed by atoms with Gasteiger partial charge in [-0.3, -0.25) is 9.89 Å². The van der Waals surface area contributed by atoms with Gasteiger partial charge in [-0.2, -0.15) is 0 Å². The van der Waals surface area contributed by atoms with Crippen LogP contribution < -0.4 is 10.6 Å². The Morgan fingerprint density at radius 1 is 1.29 bits per heavy atom. The number of aryl methyl sites for hydroxylation is 1. The Morgan fingerprint density at radius 2 is 2.14 bits per heavy atom. The molecule has 8 heteroatoms. The molecule has 0 radical (unpaired) electrons. The molecule has 2 aromatic heterocycles. The van der Waals surface area contributed by atoms with Crippen LogP contribution in [0.25, 0.3) is 10.6 Å². The molecule has 28 heavy (non-hydrogen) atoms. The predicted octanol–water partition coefficient (Wildman–Crippen LogP) is 3.00. The van der Waals surface area contributed by atoms with Crippen molar-refractivity contribution >= 4 is 28.6 Å². The molecule has 2 N–H and O–H groups in total. The lowest BCUT2D eigenvalue weighted by atomic mass is 10.3. The topological polar surface area (TPSA) is 61.8 Å². The van der Waals surface area contributed by atoms with Crippen molar-refractivity contribution in [2.45, 2.75) is 26.7 Å². The molecule has 2 aromatic rings. The van der Waals surface area contributed by atoms with Crippen LogP contribution in [-0.4, -0.2) is 68.3 Å². The van der Waals surface area contributed by atoms with Crippen molar-refractivity contribution in [1.29, 1.82) is 0 Å². The van der Waals surface area contributed by atoms with Crippen molar-refractivity contribution < 1.29 is 4.74 Å². The molecule has 6 nitrogen and oxygen atoms in total. The summed E-state index contributed by atoms with van der Waals surface area (Å²) in [4.78, 5) is 14.4. The number of hydrogen-bond acceptors (Lipinski definition) is 6. The van der Waals surface area contributed by atoms with E-state index in [4.69, 9.17) is 9.73 Å². The van der Waals surface area contributed by atoms with Crippen LogP contribution in [0.4, 0.5) is 0 Å². The SMILES string of the molecule is CCNC(=NCCCN1CCOCC1)NCCc1ccc(-c2csc(C)n2)s1. The maximum atomic E-state index is 5.39. The van der Waals surface area contributed by atoms with Gasteiger partial charge in [-0.15, -0.1) is 22.7 Å². The van der Waals surface area contributed by atoms with Gasteiger partial charge in [-0.25, -0.2) is 4.98 Å². The third kappa shape index (κ3) is 6.84. The van der Waals surface area contributed by atoms with E-state index in [9.17, 15) is 0 Å². The monoisotopic (exact) mass is 421 g/mol. The zero-order valence-corrected chi connectivity index (χ0v) is 18.5. The quantitative estimate of drug-likeness (QED) is 0.370. The number of nitrogens with one attached hydrogen (secondary N) is 2. The standard InChI is InChI=1S/C20H31N5OS2/c1-3-21-20(22-8-4-10-25-11-13-26-14-12-25)23-9-7-17-5-6-19(28-17)18-15-27-16(2)24-18/h5-6,15H,3-4,7-14H2,1-2H3,(H2,21,22,23). The Labute approximate surface area is 176 Å². The fraction of sp³-hybridized carbons (Fsp3) is 0.600. The number of ether oxygens (including phenoxy) is 1.